The number of aromatic nitrogens is 2. The molecule has 1 amide bonds. The van der Waals surface area contributed by atoms with Crippen molar-refractivity contribution < 1.29 is 9.53 Å². The molecule has 1 saturated heterocycles. The molecule has 2 atom stereocenters. The molecule has 2 aliphatic rings. The van der Waals surface area contributed by atoms with Gasteiger partial charge in [0.05, 0.1) is 11.1 Å². The molecule has 0 aromatic carbocycles. The first-order valence-electron chi connectivity index (χ1n) is 9.62. The van der Waals surface area contributed by atoms with Crippen molar-refractivity contribution in [2.45, 2.75) is 50.0 Å². The Labute approximate surface area is 158 Å². The van der Waals surface area contributed by atoms with Gasteiger partial charge in [0.2, 0.25) is 5.91 Å². The number of carbonyl (C=O) groups is 1. The van der Waals surface area contributed by atoms with Gasteiger partial charge >= 0.3 is 0 Å². The summed E-state index contributed by atoms with van der Waals surface area (Å²) in [6.07, 6.45) is 8.23. The molecule has 26 heavy (non-hydrogen) atoms. The van der Waals surface area contributed by atoms with E-state index in [2.05, 4.69) is 27.9 Å². The number of amides is 1. The van der Waals surface area contributed by atoms with Crippen LogP contribution in [0.1, 0.15) is 55.2 Å². The van der Waals surface area contributed by atoms with Crippen LogP contribution in [0.3, 0.4) is 0 Å². The van der Waals surface area contributed by atoms with Crippen LogP contribution in [-0.2, 0) is 22.0 Å². The molecule has 4 rings (SSSR count). The smallest absolute Gasteiger partial charge is 0.231 e. The normalized spacial score (nSPS) is 25.3. The van der Waals surface area contributed by atoms with E-state index in [1.807, 2.05) is 17.8 Å². The summed E-state index contributed by atoms with van der Waals surface area (Å²) in [5.74, 6) is 0.508. The maximum absolute atomic E-state index is 13.3. The lowest BCUT2D eigenvalue weighted by Crippen LogP contribution is -2.46. The van der Waals surface area contributed by atoms with Crippen molar-refractivity contribution in [3.63, 3.8) is 0 Å². The van der Waals surface area contributed by atoms with Gasteiger partial charge in [-0.3, -0.25) is 9.48 Å². The van der Waals surface area contributed by atoms with Gasteiger partial charge in [-0.05, 0) is 36.8 Å². The fourth-order valence-corrected chi connectivity index (χ4v) is 5.50. The van der Waals surface area contributed by atoms with Crippen molar-refractivity contribution in [3.8, 4) is 0 Å². The molecule has 2 aromatic heterocycles. The van der Waals surface area contributed by atoms with Crippen molar-refractivity contribution >= 4 is 17.2 Å². The van der Waals surface area contributed by atoms with Crippen LogP contribution >= 0.6 is 11.3 Å². The Balaban J connectivity index is 1.46. The van der Waals surface area contributed by atoms with Gasteiger partial charge < -0.3 is 10.1 Å². The van der Waals surface area contributed by atoms with Crippen LogP contribution in [0.5, 0.6) is 0 Å². The third-order valence-corrected chi connectivity index (χ3v) is 7.10. The van der Waals surface area contributed by atoms with E-state index in [0.29, 0.717) is 12.5 Å². The Morgan fingerprint density at radius 1 is 1.38 bits per heavy atom. The van der Waals surface area contributed by atoms with Crippen LogP contribution in [0.2, 0.25) is 0 Å². The first-order valence-corrected chi connectivity index (χ1v) is 10.5. The molecule has 6 heteroatoms. The summed E-state index contributed by atoms with van der Waals surface area (Å²) in [6.45, 7) is 1.41. The molecule has 3 heterocycles. The quantitative estimate of drug-likeness (QED) is 0.872. The van der Waals surface area contributed by atoms with Crippen LogP contribution in [0.4, 0.5) is 0 Å². The van der Waals surface area contributed by atoms with Crippen LogP contribution in [0, 0.1) is 5.92 Å². The summed E-state index contributed by atoms with van der Waals surface area (Å²) in [5.41, 5.74) is 0.765. The zero-order valence-electron chi connectivity index (χ0n) is 15.3. The molecule has 2 aromatic rings. The lowest BCUT2D eigenvalue weighted by molar-refractivity contribution is -0.128. The molecule has 5 nitrogen and oxygen atoms in total. The number of aryl methyl sites for hydroxylation is 1. The largest absolute Gasteiger partial charge is 0.372 e. The maximum atomic E-state index is 13.3. The zero-order valence-corrected chi connectivity index (χ0v) is 16.1. The summed E-state index contributed by atoms with van der Waals surface area (Å²) in [4.78, 5) is 14.5. The van der Waals surface area contributed by atoms with E-state index in [1.165, 1.54) is 11.3 Å². The lowest BCUT2D eigenvalue weighted by Gasteiger charge is -2.35. The van der Waals surface area contributed by atoms with Gasteiger partial charge in [0.15, 0.2) is 0 Å². The van der Waals surface area contributed by atoms with E-state index < -0.39 is 0 Å². The molecular formula is C20H27N3O2S. The van der Waals surface area contributed by atoms with Crippen molar-refractivity contribution in [3.05, 3.63) is 40.3 Å². The third-order valence-electron chi connectivity index (χ3n) is 6.02. The number of hydrogen-bond acceptors (Lipinski definition) is 4. The first-order chi connectivity index (χ1) is 12.7. The molecule has 140 valence electrons. The molecule has 2 fully saturated rings. The monoisotopic (exact) mass is 373 g/mol. The second kappa shape index (κ2) is 7.53. The molecule has 0 unspecified atom stereocenters. The molecule has 0 radical (unpaired) electrons. The second-order valence-electron chi connectivity index (χ2n) is 7.55. The van der Waals surface area contributed by atoms with Gasteiger partial charge in [-0.15, -0.1) is 11.3 Å². The number of nitrogens with zero attached hydrogens (tertiary/aromatic N) is 2. The maximum Gasteiger partial charge on any atom is 0.231 e. The fourth-order valence-electron chi connectivity index (χ4n) is 4.52. The summed E-state index contributed by atoms with van der Waals surface area (Å²) in [7, 11) is 1.94. The summed E-state index contributed by atoms with van der Waals surface area (Å²) >= 11 is 1.72. The highest BCUT2D eigenvalue weighted by Crippen LogP contribution is 2.42. The Bertz CT molecular complexity index is 734. The van der Waals surface area contributed by atoms with Gasteiger partial charge in [-0.25, -0.2) is 0 Å². The number of hydrogen-bond donors (Lipinski definition) is 1. The minimum Gasteiger partial charge on any atom is -0.372 e. The summed E-state index contributed by atoms with van der Waals surface area (Å²) < 4.78 is 7.83. The molecule has 1 N–H and O–H groups in total. The van der Waals surface area contributed by atoms with E-state index in [9.17, 15) is 4.79 Å². The highest BCUT2D eigenvalue weighted by Gasteiger charge is 2.42. The molecular weight excluding hydrogens is 346 g/mol. The molecule has 1 aliphatic carbocycles. The first kappa shape index (κ1) is 17.7. The molecule has 1 saturated carbocycles. The molecule has 1 aliphatic heterocycles. The second-order valence-corrected chi connectivity index (χ2v) is 8.50. The minimum atomic E-state index is -0.325. The Kier molecular flexibility index (Phi) is 5.14. The topological polar surface area (TPSA) is 56.1 Å². The Hall–Kier alpha value is -1.66. The predicted molar refractivity (Wildman–Crippen MR) is 102 cm³/mol. The van der Waals surface area contributed by atoms with E-state index >= 15 is 0 Å². The number of thiophene rings is 1. The summed E-state index contributed by atoms with van der Waals surface area (Å²) in [5, 5.41) is 9.64. The number of nitrogens with one attached hydrogen (secondary N) is 1. The highest BCUT2D eigenvalue weighted by molar-refractivity contribution is 7.10. The van der Waals surface area contributed by atoms with E-state index in [0.717, 1.165) is 44.4 Å². The van der Waals surface area contributed by atoms with E-state index in [4.69, 9.17) is 4.74 Å². The Morgan fingerprint density at radius 3 is 2.92 bits per heavy atom. The average molecular weight is 374 g/mol. The third kappa shape index (κ3) is 3.21. The number of ether oxygens (including phenoxy) is 1. The van der Waals surface area contributed by atoms with Gasteiger partial charge in [0.1, 0.15) is 6.10 Å². The summed E-state index contributed by atoms with van der Waals surface area (Å²) in [6, 6.07) is 6.21. The van der Waals surface area contributed by atoms with Crippen LogP contribution in [0.25, 0.3) is 0 Å². The molecule has 0 spiro atoms. The van der Waals surface area contributed by atoms with Crippen LogP contribution < -0.4 is 5.32 Å². The fraction of sp³-hybridized carbons (Fsp3) is 0.600. The Morgan fingerprint density at radius 2 is 2.23 bits per heavy atom. The van der Waals surface area contributed by atoms with Crippen molar-refractivity contribution in [1.29, 1.82) is 0 Å². The van der Waals surface area contributed by atoms with Gasteiger partial charge in [0.25, 0.3) is 0 Å². The van der Waals surface area contributed by atoms with Crippen LogP contribution in [-0.4, -0.2) is 28.8 Å². The zero-order chi connectivity index (χ0) is 18.0. The van der Waals surface area contributed by atoms with Gasteiger partial charge in [0, 0.05) is 37.2 Å². The van der Waals surface area contributed by atoms with Crippen molar-refractivity contribution in [2.24, 2.45) is 13.0 Å². The highest BCUT2D eigenvalue weighted by atomic mass is 32.1. The van der Waals surface area contributed by atoms with Crippen molar-refractivity contribution in [1.82, 2.24) is 15.1 Å². The standard InChI is InChI=1S/C20H27N3O2S/c1-23-16(7-11-22-23)18-15(8-12-25-18)14-21-19(24)20(9-3-2-4-10-20)17-6-5-13-26-17/h5-7,11,13,15,18H,2-4,8-10,12,14H2,1H3,(H,21,24)/t15-,18+/m0/s1. The lowest BCUT2D eigenvalue weighted by atomic mass is 9.72. The predicted octanol–water partition coefficient (Wildman–Crippen LogP) is 3.58. The van der Waals surface area contributed by atoms with Crippen LogP contribution in [0.15, 0.2) is 29.8 Å². The SMILES string of the molecule is Cn1nccc1[C@@H]1OCC[C@H]1CNC(=O)C1(c2cccs2)CCCCC1. The average Bonchev–Trinajstić information content (AvgIpc) is 3.41. The number of rotatable bonds is 5. The van der Waals surface area contributed by atoms with Gasteiger partial charge in [-0.1, -0.05) is 25.3 Å². The van der Waals surface area contributed by atoms with Gasteiger partial charge in [-0.2, -0.15) is 5.10 Å². The van der Waals surface area contributed by atoms with E-state index in [1.54, 1.807) is 17.5 Å². The van der Waals surface area contributed by atoms with E-state index in [-0.39, 0.29) is 17.4 Å². The minimum absolute atomic E-state index is 0.0202. The van der Waals surface area contributed by atoms with Crippen molar-refractivity contribution in [2.75, 3.05) is 13.2 Å². The molecule has 0 bridgehead atoms. The number of carbonyl (C=O) groups excluding carboxylic acids is 1.